The second kappa shape index (κ2) is 8.64. The van der Waals surface area contributed by atoms with E-state index in [1.807, 2.05) is 30.3 Å². The number of carboxylic acid groups (broad SMARTS) is 1. The van der Waals surface area contributed by atoms with E-state index in [0.717, 1.165) is 11.3 Å². The Bertz CT molecular complexity index is 718. The summed E-state index contributed by atoms with van der Waals surface area (Å²) in [7, 11) is 0. The lowest BCUT2D eigenvalue weighted by molar-refractivity contribution is -0.144. The number of para-hydroxylation sites is 1. The Hall–Kier alpha value is -2.93. The summed E-state index contributed by atoms with van der Waals surface area (Å²) in [4.78, 5) is 10.7. The Labute approximate surface area is 145 Å². The summed E-state index contributed by atoms with van der Waals surface area (Å²) in [5, 5.41) is 16.2. The number of hydrazone groups is 1. The largest absolute Gasteiger partial charge is 0.479 e. The van der Waals surface area contributed by atoms with Crippen LogP contribution in [0.2, 0.25) is 0 Å². The molecule has 0 aromatic heterocycles. The zero-order valence-corrected chi connectivity index (χ0v) is 13.8. The van der Waals surface area contributed by atoms with Crippen LogP contribution in [-0.4, -0.2) is 28.5 Å². The quantitative estimate of drug-likeness (QED) is 0.425. The first-order valence-electron chi connectivity index (χ1n) is 7.19. The maximum atomic E-state index is 10.7. The van der Waals surface area contributed by atoms with Crippen molar-refractivity contribution >= 4 is 35.2 Å². The number of nitrogens with zero attached hydrogens (tertiary/aromatic N) is 1. The van der Waals surface area contributed by atoms with E-state index < -0.39 is 12.1 Å². The van der Waals surface area contributed by atoms with E-state index in [1.54, 1.807) is 30.5 Å². The predicted octanol–water partition coefficient (Wildman–Crippen LogP) is 2.86. The van der Waals surface area contributed by atoms with Crippen LogP contribution in [0.5, 0.6) is 5.75 Å². The average Bonchev–Trinajstić information content (AvgIpc) is 2.57. The van der Waals surface area contributed by atoms with Gasteiger partial charge in [-0.3, -0.25) is 5.43 Å². The molecule has 0 amide bonds. The van der Waals surface area contributed by atoms with Crippen LogP contribution in [0.4, 0.5) is 5.69 Å². The summed E-state index contributed by atoms with van der Waals surface area (Å²) in [6.07, 6.45) is 0.705. The highest BCUT2D eigenvalue weighted by Crippen LogP contribution is 2.13. The van der Waals surface area contributed by atoms with Gasteiger partial charge in [0.25, 0.3) is 0 Å². The number of carbonyl (C=O) groups is 1. The SMILES string of the molecule is C[C@@H](Oc1ccc(/C=N/NC(=S)Nc2ccccc2)cc1)C(=O)O. The molecule has 2 aromatic rings. The molecule has 0 bridgehead atoms. The zero-order chi connectivity index (χ0) is 17.4. The molecule has 0 aliphatic heterocycles. The molecule has 0 unspecified atom stereocenters. The average molecular weight is 343 g/mol. The fourth-order valence-corrected chi connectivity index (χ4v) is 1.90. The molecule has 2 rings (SSSR count). The fourth-order valence-electron chi connectivity index (χ4n) is 1.73. The third-order valence-corrected chi connectivity index (χ3v) is 3.15. The molecule has 0 spiro atoms. The summed E-state index contributed by atoms with van der Waals surface area (Å²) < 4.78 is 5.25. The number of hydrogen-bond acceptors (Lipinski definition) is 4. The van der Waals surface area contributed by atoms with E-state index in [2.05, 4.69) is 15.8 Å². The van der Waals surface area contributed by atoms with E-state index in [1.165, 1.54) is 6.92 Å². The van der Waals surface area contributed by atoms with Gasteiger partial charge in [-0.2, -0.15) is 5.10 Å². The molecule has 0 radical (unpaired) electrons. The monoisotopic (exact) mass is 343 g/mol. The topological polar surface area (TPSA) is 83.0 Å². The van der Waals surface area contributed by atoms with Crippen LogP contribution in [0.15, 0.2) is 59.7 Å². The lowest BCUT2D eigenvalue weighted by Crippen LogP contribution is -2.23. The lowest BCUT2D eigenvalue weighted by atomic mass is 10.2. The number of nitrogens with one attached hydrogen (secondary N) is 2. The van der Waals surface area contributed by atoms with Gasteiger partial charge in [-0.25, -0.2) is 4.79 Å². The fraction of sp³-hybridized carbons (Fsp3) is 0.118. The van der Waals surface area contributed by atoms with Gasteiger partial charge in [-0.15, -0.1) is 0 Å². The van der Waals surface area contributed by atoms with Gasteiger partial charge < -0.3 is 15.2 Å². The smallest absolute Gasteiger partial charge is 0.344 e. The molecule has 2 aromatic carbocycles. The predicted molar refractivity (Wildman–Crippen MR) is 97.6 cm³/mol. The van der Waals surface area contributed by atoms with E-state index >= 15 is 0 Å². The minimum atomic E-state index is -1.01. The third-order valence-electron chi connectivity index (χ3n) is 2.95. The number of anilines is 1. The first kappa shape index (κ1) is 17.4. The molecule has 24 heavy (non-hydrogen) atoms. The summed E-state index contributed by atoms with van der Waals surface area (Å²) in [5.74, 6) is -0.527. The minimum absolute atomic E-state index is 0.382. The van der Waals surface area contributed by atoms with Crippen molar-refractivity contribution < 1.29 is 14.6 Å². The molecular formula is C17H17N3O3S. The second-order valence-electron chi connectivity index (χ2n) is 4.86. The Morgan fingerprint density at radius 2 is 1.88 bits per heavy atom. The van der Waals surface area contributed by atoms with Crippen LogP contribution < -0.4 is 15.5 Å². The van der Waals surface area contributed by atoms with E-state index in [-0.39, 0.29) is 0 Å². The molecule has 0 aliphatic rings. The van der Waals surface area contributed by atoms with E-state index in [0.29, 0.717) is 10.9 Å². The van der Waals surface area contributed by atoms with Crippen LogP contribution in [0.1, 0.15) is 12.5 Å². The van der Waals surface area contributed by atoms with Gasteiger partial charge in [0.15, 0.2) is 11.2 Å². The molecule has 6 nitrogen and oxygen atoms in total. The van der Waals surface area contributed by atoms with Crippen LogP contribution in [-0.2, 0) is 4.79 Å². The summed E-state index contributed by atoms with van der Waals surface area (Å²) in [6, 6.07) is 16.4. The highest BCUT2D eigenvalue weighted by molar-refractivity contribution is 7.80. The molecule has 0 saturated heterocycles. The first-order chi connectivity index (χ1) is 11.5. The molecular weight excluding hydrogens is 326 g/mol. The van der Waals surface area contributed by atoms with Crippen molar-refractivity contribution in [2.45, 2.75) is 13.0 Å². The van der Waals surface area contributed by atoms with Gasteiger partial charge in [0, 0.05) is 5.69 Å². The van der Waals surface area contributed by atoms with Crippen molar-refractivity contribution in [3.05, 3.63) is 60.2 Å². The van der Waals surface area contributed by atoms with Gasteiger partial charge in [0.1, 0.15) is 5.75 Å². The number of aliphatic carboxylic acids is 1. The Morgan fingerprint density at radius 1 is 1.21 bits per heavy atom. The third kappa shape index (κ3) is 5.69. The minimum Gasteiger partial charge on any atom is -0.479 e. The molecule has 1 atom stereocenters. The van der Waals surface area contributed by atoms with Gasteiger partial charge in [-0.1, -0.05) is 18.2 Å². The lowest BCUT2D eigenvalue weighted by Gasteiger charge is -2.10. The van der Waals surface area contributed by atoms with E-state index in [4.69, 9.17) is 22.1 Å². The highest BCUT2D eigenvalue weighted by Gasteiger charge is 2.11. The maximum Gasteiger partial charge on any atom is 0.344 e. The van der Waals surface area contributed by atoms with Gasteiger partial charge in [-0.05, 0) is 61.1 Å². The van der Waals surface area contributed by atoms with Gasteiger partial charge >= 0.3 is 5.97 Å². The van der Waals surface area contributed by atoms with Crippen molar-refractivity contribution in [2.24, 2.45) is 5.10 Å². The summed E-state index contributed by atoms with van der Waals surface area (Å²) >= 11 is 5.13. The standard InChI is InChI=1S/C17H17N3O3S/c1-12(16(21)22)23-15-9-7-13(8-10-15)11-18-20-17(24)19-14-5-3-2-4-6-14/h2-12H,1H3,(H,21,22)(H2,19,20,24)/b18-11+/t12-/m1/s1. The number of rotatable bonds is 6. The molecule has 0 fully saturated rings. The summed E-state index contributed by atoms with van der Waals surface area (Å²) in [5.41, 5.74) is 4.42. The van der Waals surface area contributed by atoms with Crippen LogP contribution in [0.25, 0.3) is 0 Å². The van der Waals surface area contributed by atoms with Crippen LogP contribution in [0.3, 0.4) is 0 Å². The summed E-state index contributed by atoms with van der Waals surface area (Å²) in [6.45, 7) is 1.47. The molecule has 124 valence electrons. The molecule has 0 aliphatic carbocycles. The molecule has 7 heteroatoms. The van der Waals surface area contributed by atoms with Gasteiger partial charge in [0.2, 0.25) is 0 Å². The number of carboxylic acids is 1. The molecule has 0 heterocycles. The van der Waals surface area contributed by atoms with E-state index in [9.17, 15) is 4.79 Å². The normalized spacial score (nSPS) is 11.7. The Kier molecular flexibility index (Phi) is 6.27. The number of thiocarbonyl (C=S) groups is 1. The number of hydrogen-bond donors (Lipinski definition) is 3. The number of ether oxygens (including phenoxy) is 1. The maximum absolute atomic E-state index is 10.7. The second-order valence-corrected chi connectivity index (χ2v) is 5.27. The first-order valence-corrected chi connectivity index (χ1v) is 7.60. The van der Waals surface area contributed by atoms with Crippen molar-refractivity contribution in [1.82, 2.24) is 5.43 Å². The molecule has 0 saturated carbocycles. The van der Waals surface area contributed by atoms with Crippen molar-refractivity contribution in [3.8, 4) is 5.75 Å². The Balaban J connectivity index is 1.83. The Morgan fingerprint density at radius 3 is 2.50 bits per heavy atom. The van der Waals surface area contributed by atoms with Crippen LogP contribution >= 0.6 is 12.2 Å². The van der Waals surface area contributed by atoms with Crippen molar-refractivity contribution in [1.29, 1.82) is 0 Å². The van der Waals surface area contributed by atoms with Crippen molar-refractivity contribution in [3.63, 3.8) is 0 Å². The van der Waals surface area contributed by atoms with Gasteiger partial charge in [0.05, 0.1) is 6.21 Å². The number of benzene rings is 2. The zero-order valence-electron chi connectivity index (χ0n) is 13.0. The van der Waals surface area contributed by atoms with Crippen molar-refractivity contribution in [2.75, 3.05) is 5.32 Å². The molecule has 3 N–H and O–H groups in total. The highest BCUT2D eigenvalue weighted by atomic mass is 32.1. The van der Waals surface area contributed by atoms with Crippen LogP contribution in [0, 0.1) is 0 Å².